The number of primary amides is 1. The number of likely N-dealkylation sites (tertiary alicyclic amines) is 1. The van der Waals surface area contributed by atoms with E-state index in [2.05, 4.69) is 21.2 Å². The van der Waals surface area contributed by atoms with Crippen molar-refractivity contribution in [2.24, 2.45) is 5.73 Å². The van der Waals surface area contributed by atoms with Gasteiger partial charge in [-0.3, -0.25) is 4.79 Å². The first kappa shape index (κ1) is 16.8. The van der Waals surface area contributed by atoms with Gasteiger partial charge in [0.2, 0.25) is 5.91 Å². The maximum Gasteiger partial charge on any atom is 0.312 e. The Morgan fingerprint density at radius 2 is 1.91 bits per heavy atom. The van der Waals surface area contributed by atoms with Crippen LogP contribution < -0.4 is 11.1 Å². The van der Waals surface area contributed by atoms with Crippen molar-refractivity contribution in [3.8, 4) is 0 Å². The highest BCUT2D eigenvalue weighted by atomic mass is 79.9. The summed E-state index contributed by atoms with van der Waals surface area (Å²) in [6, 6.07) is 6.56. The quantitative estimate of drug-likeness (QED) is 0.858. The number of hydrogen-bond donors (Lipinski definition) is 2. The van der Waals surface area contributed by atoms with Crippen LogP contribution in [-0.4, -0.2) is 29.9 Å². The molecule has 1 aliphatic heterocycles. The van der Waals surface area contributed by atoms with Crippen LogP contribution in [0.1, 0.15) is 43.7 Å². The lowest BCUT2D eigenvalue weighted by molar-refractivity contribution is -0.131. The van der Waals surface area contributed by atoms with Gasteiger partial charge in [0.25, 0.3) is 0 Å². The largest absolute Gasteiger partial charge is 0.352 e. The Hall–Kier alpha value is -1.56. The molecule has 0 radical (unpaired) electrons. The second-order valence-electron chi connectivity index (χ2n) is 5.62. The van der Waals surface area contributed by atoms with Crippen LogP contribution in [0.2, 0.25) is 0 Å². The van der Waals surface area contributed by atoms with Crippen LogP contribution in [0.5, 0.6) is 0 Å². The maximum atomic E-state index is 12.5. The van der Waals surface area contributed by atoms with Gasteiger partial charge in [-0.2, -0.15) is 0 Å². The highest BCUT2D eigenvalue weighted by molar-refractivity contribution is 9.10. The van der Waals surface area contributed by atoms with Crippen molar-refractivity contribution in [1.82, 2.24) is 10.2 Å². The highest BCUT2D eigenvalue weighted by Crippen LogP contribution is 2.22. The molecule has 3 N–H and O–H groups in total. The van der Waals surface area contributed by atoms with Crippen molar-refractivity contribution in [2.75, 3.05) is 13.1 Å². The SMILES string of the molecule is NC(=O)NC(CC(=O)N1CCCCCC1)c1cccc(Br)c1. The van der Waals surface area contributed by atoms with Crippen molar-refractivity contribution in [3.63, 3.8) is 0 Å². The summed E-state index contributed by atoms with van der Waals surface area (Å²) in [4.78, 5) is 25.7. The van der Waals surface area contributed by atoms with E-state index in [-0.39, 0.29) is 12.3 Å². The number of amides is 3. The van der Waals surface area contributed by atoms with Gasteiger partial charge in [0, 0.05) is 17.6 Å². The minimum absolute atomic E-state index is 0.0700. The standard InChI is InChI=1S/C16H22BrN3O2/c17-13-7-5-6-12(10-13)14(19-16(18)22)11-15(21)20-8-3-1-2-4-9-20/h5-7,10,14H,1-4,8-9,11H2,(H3,18,19,22). The van der Waals surface area contributed by atoms with Crippen molar-refractivity contribution in [1.29, 1.82) is 0 Å². The predicted octanol–water partition coefficient (Wildman–Crippen LogP) is 2.95. The Balaban J connectivity index is 2.08. The van der Waals surface area contributed by atoms with E-state index in [1.54, 1.807) is 0 Å². The molecule has 1 saturated heterocycles. The van der Waals surface area contributed by atoms with Crippen LogP contribution in [0.4, 0.5) is 4.79 Å². The summed E-state index contributed by atoms with van der Waals surface area (Å²) in [6.45, 7) is 1.61. The highest BCUT2D eigenvalue weighted by Gasteiger charge is 2.22. The van der Waals surface area contributed by atoms with Crippen LogP contribution >= 0.6 is 15.9 Å². The number of benzene rings is 1. The van der Waals surface area contributed by atoms with Crippen molar-refractivity contribution in [3.05, 3.63) is 34.3 Å². The molecule has 3 amide bonds. The van der Waals surface area contributed by atoms with E-state index < -0.39 is 12.1 Å². The first-order valence-corrected chi connectivity index (χ1v) is 8.45. The average Bonchev–Trinajstić information content (AvgIpc) is 2.75. The van der Waals surface area contributed by atoms with Gasteiger partial charge < -0.3 is 16.0 Å². The molecule has 0 aromatic heterocycles. The molecule has 1 aromatic rings. The smallest absolute Gasteiger partial charge is 0.312 e. The molecule has 2 rings (SSSR count). The summed E-state index contributed by atoms with van der Waals surface area (Å²) < 4.78 is 0.906. The van der Waals surface area contributed by atoms with E-state index >= 15 is 0 Å². The fourth-order valence-electron chi connectivity index (χ4n) is 2.77. The number of hydrogen-bond acceptors (Lipinski definition) is 2. The Kier molecular flexibility index (Phi) is 6.24. The van der Waals surface area contributed by atoms with Gasteiger partial charge in [-0.05, 0) is 30.5 Å². The van der Waals surface area contributed by atoms with Gasteiger partial charge in [0.15, 0.2) is 0 Å². The molecular formula is C16H22BrN3O2. The van der Waals surface area contributed by atoms with Gasteiger partial charge in [-0.15, -0.1) is 0 Å². The summed E-state index contributed by atoms with van der Waals surface area (Å²) in [5, 5.41) is 2.68. The topological polar surface area (TPSA) is 75.4 Å². The number of halogens is 1. The fourth-order valence-corrected chi connectivity index (χ4v) is 3.19. The number of urea groups is 1. The number of carbonyl (C=O) groups excluding carboxylic acids is 2. The van der Waals surface area contributed by atoms with E-state index in [1.165, 1.54) is 12.8 Å². The zero-order chi connectivity index (χ0) is 15.9. The minimum Gasteiger partial charge on any atom is -0.352 e. The molecule has 0 saturated carbocycles. The summed E-state index contributed by atoms with van der Waals surface area (Å²) in [5.41, 5.74) is 6.13. The summed E-state index contributed by atoms with van der Waals surface area (Å²) in [6.07, 6.45) is 4.70. The molecule has 1 aliphatic rings. The molecule has 0 spiro atoms. The molecule has 1 unspecified atom stereocenters. The number of nitrogens with two attached hydrogens (primary N) is 1. The van der Waals surface area contributed by atoms with Crippen LogP contribution in [0.3, 0.4) is 0 Å². The Bertz CT molecular complexity index is 528. The third-order valence-electron chi connectivity index (χ3n) is 3.91. The third kappa shape index (κ3) is 5.02. The summed E-state index contributed by atoms with van der Waals surface area (Å²) >= 11 is 3.41. The maximum absolute atomic E-state index is 12.5. The van der Waals surface area contributed by atoms with Gasteiger partial charge in [0.1, 0.15) is 0 Å². The third-order valence-corrected chi connectivity index (χ3v) is 4.40. The van der Waals surface area contributed by atoms with E-state index in [1.807, 2.05) is 29.2 Å². The first-order chi connectivity index (χ1) is 10.6. The Morgan fingerprint density at radius 1 is 1.23 bits per heavy atom. The van der Waals surface area contributed by atoms with Crippen molar-refractivity contribution >= 4 is 27.9 Å². The molecule has 120 valence electrons. The van der Waals surface area contributed by atoms with E-state index in [9.17, 15) is 9.59 Å². The lowest BCUT2D eigenvalue weighted by Gasteiger charge is -2.24. The molecule has 5 nitrogen and oxygen atoms in total. The molecule has 6 heteroatoms. The molecule has 22 heavy (non-hydrogen) atoms. The monoisotopic (exact) mass is 367 g/mol. The molecule has 1 aromatic carbocycles. The zero-order valence-electron chi connectivity index (χ0n) is 12.6. The Labute approximate surface area is 139 Å². The molecule has 0 bridgehead atoms. The van der Waals surface area contributed by atoms with Gasteiger partial charge in [-0.25, -0.2) is 4.79 Å². The van der Waals surface area contributed by atoms with Crippen LogP contribution in [0.25, 0.3) is 0 Å². The predicted molar refractivity (Wildman–Crippen MR) is 89.3 cm³/mol. The molecular weight excluding hydrogens is 346 g/mol. The van der Waals surface area contributed by atoms with E-state index in [0.717, 1.165) is 36.0 Å². The van der Waals surface area contributed by atoms with Gasteiger partial charge >= 0.3 is 6.03 Å². The lowest BCUT2D eigenvalue weighted by atomic mass is 10.0. The number of nitrogens with zero attached hydrogens (tertiary/aromatic N) is 1. The van der Waals surface area contributed by atoms with Crippen molar-refractivity contribution < 1.29 is 9.59 Å². The molecule has 1 fully saturated rings. The van der Waals surface area contributed by atoms with Gasteiger partial charge in [-0.1, -0.05) is 40.9 Å². The van der Waals surface area contributed by atoms with Crippen LogP contribution in [0.15, 0.2) is 28.7 Å². The van der Waals surface area contributed by atoms with Crippen molar-refractivity contribution in [2.45, 2.75) is 38.1 Å². The summed E-state index contributed by atoms with van der Waals surface area (Å²) in [5.74, 6) is 0.0700. The first-order valence-electron chi connectivity index (χ1n) is 7.65. The average molecular weight is 368 g/mol. The Morgan fingerprint density at radius 3 is 2.50 bits per heavy atom. The molecule has 1 heterocycles. The van der Waals surface area contributed by atoms with Crippen LogP contribution in [-0.2, 0) is 4.79 Å². The second-order valence-corrected chi connectivity index (χ2v) is 6.53. The van der Waals surface area contributed by atoms with Gasteiger partial charge in [0.05, 0.1) is 12.5 Å². The normalized spacial score (nSPS) is 16.7. The van der Waals surface area contributed by atoms with E-state index in [4.69, 9.17) is 5.73 Å². The number of nitrogens with one attached hydrogen (secondary N) is 1. The van der Waals surface area contributed by atoms with E-state index in [0.29, 0.717) is 0 Å². The molecule has 1 atom stereocenters. The lowest BCUT2D eigenvalue weighted by Crippen LogP contribution is -2.38. The minimum atomic E-state index is -0.617. The number of carbonyl (C=O) groups is 2. The molecule has 0 aliphatic carbocycles. The second kappa shape index (κ2) is 8.17. The van der Waals surface area contributed by atoms with Crippen LogP contribution in [0, 0.1) is 0 Å². The fraction of sp³-hybridized carbons (Fsp3) is 0.500. The zero-order valence-corrected chi connectivity index (χ0v) is 14.1. The number of rotatable bonds is 4. The summed E-state index contributed by atoms with van der Waals surface area (Å²) in [7, 11) is 0.